The molecular weight excluding hydrogens is 324 g/mol. The molecule has 1 fully saturated rings. The molecule has 5 nitrogen and oxygen atoms in total. The third kappa shape index (κ3) is 3.17. The number of nitrogens with zero attached hydrogens (tertiary/aromatic N) is 2. The van der Waals surface area contributed by atoms with Crippen molar-refractivity contribution in [2.24, 2.45) is 4.99 Å². The molecule has 0 aliphatic carbocycles. The van der Waals surface area contributed by atoms with E-state index in [2.05, 4.69) is 4.99 Å². The number of carbonyl (C=O) groups is 1. The van der Waals surface area contributed by atoms with Gasteiger partial charge in [-0.3, -0.25) is 14.7 Å². The van der Waals surface area contributed by atoms with Gasteiger partial charge in [-0.2, -0.15) is 0 Å². The summed E-state index contributed by atoms with van der Waals surface area (Å²) in [6.45, 7) is 0.694. The van der Waals surface area contributed by atoms with Crippen LogP contribution >= 0.6 is 11.6 Å². The van der Waals surface area contributed by atoms with Crippen LogP contribution in [-0.4, -0.2) is 49.2 Å². The summed E-state index contributed by atoms with van der Waals surface area (Å²) in [4.78, 5) is 18.8. The Labute approximate surface area is 134 Å². The topological polar surface area (TPSA) is 66.8 Å². The van der Waals surface area contributed by atoms with E-state index in [1.807, 2.05) is 0 Å². The number of benzene rings is 1. The average molecular weight is 341 g/mol. The molecule has 118 valence electrons. The van der Waals surface area contributed by atoms with Crippen LogP contribution in [0.2, 0.25) is 5.02 Å². The third-order valence-electron chi connectivity index (χ3n) is 4.01. The lowest BCUT2D eigenvalue weighted by Crippen LogP contribution is -2.44. The molecule has 1 aromatic rings. The molecule has 0 saturated carbocycles. The van der Waals surface area contributed by atoms with Crippen molar-refractivity contribution in [3.8, 4) is 0 Å². The van der Waals surface area contributed by atoms with Gasteiger partial charge in [0, 0.05) is 23.6 Å². The number of carbonyl (C=O) groups excluding carboxylic acids is 1. The molecular formula is C15H17ClN2O3S. The Morgan fingerprint density at radius 2 is 2.00 bits per heavy atom. The maximum atomic E-state index is 12.8. The Balaban J connectivity index is 1.91. The van der Waals surface area contributed by atoms with Crippen LogP contribution < -0.4 is 0 Å². The predicted molar refractivity (Wildman–Crippen MR) is 86.2 cm³/mol. The van der Waals surface area contributed by atoms with E-state index in [1.165, 1.54) is 0 Å². The van der Waals surface area contributed by atoms with Gasteiger partial charge in [-0.1, -0.05) is 11.6 Å². The van der Waals surface area contributed by atoms with Gasteiger partial charge in [0.15, 0.2) is 9.84 Å². The predicted octanol–water partition coefficient (Wildman–Crippen LogP) is 2.16. The van der Waals surface area contributed by atoms with Crippen LogP contribution in [0.15, 0.2) is 29.3 Å². The lowest BCUT2D eigenvalue weighted by Gasteiger charge is -2.28. The average Bonchev–Trinajstić information content (AvgIpc) is 3.10. The van der Waals surface area contributed by atoms with Gasteiger partial charge in [0.1, 0.15) is 5.84 Å². The minimum Gasteiger partial charge on any atom is -0.292 e. The van der Waals surface area contributed by atoms with E-state index in [0.29, 0.717) is 29.4 Å². The molecule has 1 saturated heterocycles. The van der Waals surface area contributed by atoms with Gasteiger partial charge in [-0.15, -0.1) is 0 Å². The second-order valence-electron chi connectivity index (χ2n) is 5.64. The van der Waals surface area contributed by atoms with Crippen molar-refractivity contribution in [3.63, 3.8) is 0 Å². The van der Waals surface area contributed by atoms with E-state index in [0.717, 1.165) is 12.8 Å². The number of hydrogen-bond donors (Lipinski definition) is 0. The Morgan fingerprint density at radius 3 is 2.55 bits per heavy atom. The fourth-order valence-electron chi connectivity index (χ4n) is 2.93. The summed E-state index contributed by atoms with van der Waals surface area (Å²) >= 11 is 5.86. The SMILES string of the molecule is O=C(c1ccc(Cl)cc1)N(C1=NCCC1)C1CCS(=O)(=O)C1. The summed E-state index contributed by atoms with van der Waals surface area (Å²) in [6.07, 6.45) is 2.09. The first-order valence-corrected chi connectivity index (χ1v) is 9.49. The Hall–Kier alpha value is -1.40. The summed E-state index contributed by atoms with van der Waals surface area (Å²) in [6, 6.07) is 6.33. The van der Waals surface area contributed by atoms with Gasteiger partial charge in [-0.25, -0.2) is 8.42 Å². The van der Waals surface area contributed by atoms with Crippen LogP contribution in [0.4, 0.5) is 0 Å². The van der Waals surface area contributed by atoms with Crippen LogP contribution in [0.3, 0.4) is 0 Å². The van der Waals surface area contributed by atoms with Gasteiger partial charge in [-0.05, 0) is 37.1 Å². The highest BCUT2D eigenvalue weighted by Crippen LogP contribution is 2.24. The maximum Gasteiger partial charge on any atom is 0.259 e. The van der Waals surface area contributed by atoms with Crippen LogP contribution in [0.1, 0.15) is 29.6 Å². The number of hydrogen-bond acceptors (Lipinski definition) is 4. The molecule has 0 radical (unpaired) electrons. The molecule has 3 rings (SSSR count). The minimum atomic E-state index is -3.06. The molecule has 0 bridgehead atoms. The molecule has 1 unspecified atom stereocenters. The minimum absolute atomic E-state index is 0.0192. The van der Waals surface area contributed by atoms with E-state index in [4.69, 9.17) is 11.6 Å². The van der Waals surface area contributed by atoms with Crippen molar-refractivity contribution >= 4 is 33.2 Å². The largest absolute Gasteiger partial charge is 0.292 e. The van der Waals surface area contributed by atoms with Gasteiger partial charge < -0.3 is 0 Å². The fraction of sp³-hybridized carbons (Fsp3) is 0.467. The Kier molecular flexibility index (Phi) is 4.23. The van der Waals surface area contributed by atoms with Crippen molar-refractivity contribution in [2.45, 2.75) is 25.3 Å². The summed E-state index contributed by atoms with van der Waals surface area (Å²) in [7, 11) is -3.06. The lowest BCUT2D eigenvalue weighted by atomic mass is 10.1. The molecule has 2 heterocycles. The highest BCUT2D eigenvalue weighted by Gasteiger charge is 2.37. The quantitative estimate of drug-likeness (QED) is 0.828. The van der Waals surface area contributed by atoms with Crippen molar-refractivity contribution in [1.29, 1.82) is 0 Å². The molecule has 1 amide bonds. The zero-order chi connectivity index (χ0) is 15.7. The number of sulfone groups is 1. The third-order valence-corrected chi connectivity index (χ3v) is 6.02. The first-order valence-electron chi connectivity index (χ1n) is 7.29. The molecule has 1 aromatic carbocycles. The fourth-order valence-corrected chi connectivity index (χ4v) is 4.75. The van der Waals surface area contributed by atoms with Crippen LogP contribution in [0.25, 0.3) is 0 Å². The van der Waals surface area contributed by atoms with E-state index >= 15 is 0 Å². The first-order chi connectivity index (χ1) is 10.5. The van der Waals surface area contributed by atoms with Crippen molar-refractivity contribution in [1.82, 2.24) is 4.90 Å². The molecule has 0 spiro atoms. The van der Waals surface area contributed by atoms with Gasteiger partial charge in [0.25, 0.3) is 5.91 Å². The van der Waals surface area contributed by atoms with Crippen molar-refractivity contribution in [2.75, 3.05) is 18.1 Å². The molecule has 1 atom stereocenters. The van der Waals surface area contributed by atoms with E-state index in [1.54, 1.807) is 29.2 Å². The second kappa shape index (κ2) is 6.01. The van der Waals surface area contributed by atoms with Crippen molar-refractivity contribution in [3.05, 3.63) is 34.9 Å². The monoisotopic (exact) mass is 340 g/mol. The Bertz CT molecular complexity index is 713. The zero-order valence-electron chi connectivity index (χ0n) is 12.0. The number of halogens is 1. The summed E-state index contributed by atoms with van der Waals surface area (Å²) in [5, 5.41) is 0.560. The number of amidine groups is 1. The van der Waals surface area contributed by atoms with E-state index in [9.17, 15) is 13.2 Å². The first kappa shape index (κ1) is 15.5. The van der Waals surface area contributed by atoms with Gasteiger partial charge >= 0.3 is 0 Å². The normalized spacial score (nSPS) is 23.3. The standard InChI is InChI=1S/C15H17ClN2O3S/c16-12-5-3-11(4-6-12)15(19)18(14-2-1-8-17-14)13-7-9-22(20,21)10-13/h3-6,13H,1-2,7-10H2. The molecule has 0 aromatic heterocycles. The van der Waals surface area contributed by atoms with Crippen LogP contribution in [0.5, 0.6) is 0 Å². The molecule has 22 heavy (non-hydrogen) atoms. The molecule has 7 heteroatoms. The van der Waals surface area contributed by atoms with Gasteiger partial charge in [0.05, 0.1) is 17.5 Å². The molecule has 2 aliphatic heterocycles. The van der Waals surface area contributed by atoms with Crippen LogP contribution in [-0.2, 0) is 9.84 Å². The maximum absolute atomic E-state index is 12.8. The van der Waals surface area contributed by atoms with E-state index in [-0.39, 0.29) is 23.5 Å². The lowest BCUT2D eigenvalue weighted by molar-refractivity contribution is 0.0811. The Morgan fingerprint density at radius 1 is 1.27 bits per heavy atom. The highest BCUT2D eigenvalue weighted by molar-refractivity contribution is 7.91. The summed E-state index contributed by atoms with van der Waals surface area (Å²) < 4.78 is 23.5. The summed E-state index contributed by atoms with van der Waals surface area (Å²) in [5.74, 6) is 0.669. The van der Waals surface area contributed by atoms with Crippen LogP contribution in [0, 0.1) is 0 Å². The van der Waals surface area contributed by atoms with Crippen molar-refractivity contribution < 1.29 is 13.2 Å². The number of amides is 1. The smallest absolute Gasteiger partial charge is 0.259 e. The second-order valence-corrected chi connectivity index (χ2v) is 8.31. The van der Waals surface area contributed by atoms with Gasteiger partial charge in [0.2, 0.25) is 0 Å². The summed E-state index contributed by atoms with van der Waals surface area (Å²) in [5.41, 5.74) is 0.503. The van der Waals surface area contributed by atoms with E-state index < -0.39 is 9.84 Å². The molecule has 2 aliphatic rings. The molecule has 0 N–H and O–H groups in total. The number of rotatable bonds is 2. The number of aliphatic imine (C=N–C) groups is 1. The highest BCUT2D eigenvalue weighted by atomic mass is 35.5. The zero-order valence-corrected chi connectivity index (χ0v) is 13.6.